The average molecular weight is 341 g/mol. The van der Waals surface area contributed by atoms with Crippen molar-refractivity contribution in [3.63, 3.8) is 0 Å². The number of rotatable bonds is 6. The summed E-state index contributed by atoms with van der Waals surface area (Å²) in [6, 6.07) is 12.4. The first kappa shape index (κ1) is 17.2. The van der Waals surface area contributed by atoms with Gasteiger partial charge in [0.05, 0.1) is 14.2 Å². The number of hydrogen-bond acceptors (Lipinski definition) is 2. The van der Waals surface area contributed by atoms with E-state index in [2.05, 4.69) is 4.98 Å². The summed E-state index contributed by atoms with van der Waals surface area (Å²) < 4.78 is 18.8. The number of H-pyrrole nitrogens is 1. The van der Waals surface area contributed by atoms with E-state index in [4.69, 9.17) is 4.74 Å². The fraction of sp³-hybridized carbons (Fsp3) is 0.250. The van der Waals surface area contributed by atoms with E-state index < -0.39 is 0 Å². The van der Waals surface area contributed by atoms with Gasteiger partial charge in [0, 0.05) is 28.2 Å². The molecule has 0 saturated heterocycles. The van der Waals surface area contributed by atoms with Crippen molar-refractivity contribution in [1.29, 1.82) is 0 Å². The number of carbonyl (C=O) groups is 1. The summed E-state index contributed by atoms with van der Waals surface area (Å²) in [5.41, 5.74) is 2.48. The van der Waals surface area contributed by atoms with Crippen LogP contribution in [0.3, 0.4) is 0 Å². The van der Waals surface area contributed by atoms with Crippen LogP contribution in [0.2, 0.25) is 0 Å². The number of likely N-dealkylation sites (N-methyl/N-ethyl adjacent to an activating group) is 1. The molecule has 4 nitrogen and oxygen atoms in total. The van der Waals surface area contributed by atoms with Crippen LogP contribution in [0.25, 0.3) is 10.9 Å². The quantitative estimate of drug-likeness (QED) is 0.677. The Morgan fingerprint density at radius 3 is 2.76 bits per heavy atom. The van der Waals surface area contributed by atoms with Crippen molar-refractivity contribution in [2.75, 3.05) is 14.2 Å². The Labute approximate surface area is 146 Å². The zero-order valence-corrected chi connectivity index (χ0v) is 14.6. The molecule has 0 aliphatic carbocycles. The van der Waals surface area contributed by atoms with Gasteiger partial charge in [0.15, 0.2) is 11.6 Å². The van der Waals surface area contributed by atoms with Crippen LogP contribution in [0.5, 0.6) is 5.75 Å². The maximum absolute atomic E-state index is 13.9. The van der Waals surface area contributed by atoms with Crippen LogP contribution < -0.4 is 9.64 Å². The van der Waals surface area contributed by atoms with Gasteiger partial charge in [0.2, 0.25) is 5.78 Å². The van der Waals surface area contributed by atoms with E-state index in [-0.39, 0.29) is 23.4 Å². The number of fused-ring (bicyclic) bond motifs is 1. The number of para-hydroxylation sites is 1. The molecule has 25 heavy (non-hydrogen) atoms. The number of ether oxygens (including phenoxy) is 1. The van der Waals surface area contributed by atoms with Crippen LogP contribution in [0.1, 0.15) is 22.8 Å². The number of benzene rings is 2. The van der Waals surface area contributed by atoms with E-state index in [1.54, 1.807) is 12.3 Å². The smallest absolute Gasteiger partial charge is 0.221 e. The summed E-state index contributed by atoms with van der Waals surface area (Å²) in [7, 11) is 3.39. The van der Waals surface area contributed by atoms with Crippen LogP contribution in [-0.4, -0.2) is 31.0 Å². The fourth-order valence-corrected chi connectivity index (χ4v) is 3.03. The van der Waals surface area contributed by atoms with E-state index in [0.29, 0.717) is 12.1 Å². The number of hydrogen-bond donors (Lipinski definition) is 2. The molecule has 2 atom stereocenters. The van der Waals surface area contributed by atoms with Gasteiger partial charge in [0.25, 0.3) is 0 Å². The molecule has 1 heterocycles. The van der Waals surface area contributed by atoms with Crippen molar-refractivity contribution in [2.45, 2.75) is 19.5 Å². The lowest BCUT2D eigenvalue weighted by atomic mass is 10.0. The first-order valence-corrected chi connectivity index (χ1v) is 8.26. The lowest BCUT2D eigenvalue weighted by Crippen LogP contribution is -3.12. The van der Waals surface area contributed by atoms with Crippen molar-refractivity contribution in [3.05, 3.63) is 65.6 Å². The van der Waals surface area contributed by atoms with Crippen LogP contribution in [0, 0.1) is 5.82 Å². The van der Waals surface area contributed by atoms with Gasteiger partial charge in [-0.25, -0.2) is 4.39 Å². The van der Waals surface area contributed by atoms with Crippen LogP contribution in [0.4, 0.5) is 4.39 Å². The zero-order chi connectivity index (χ0) is 18.0. The van der Waals surface area contributed by atoms with Gasteiger partial charge in [-0.2, -0.15) is 0 Å². The maximum Gasteiger partial charge on any atom is 0.221 e. The highest BCUT2D eigenvalue weighted by molar-refractivity contribution is 6.09. The highest BCUT2D eigenvalue weighted by Crippen LogP contribution is 2.19. The largest absolute Gasteiger partial charge is 0.494 e. The predicted molar refractivity (Wildman–Crippen MR) is 95.6 cm³/mol. The highest BCUT2D eigenvalue weighted by atomic mass is 19.1. The monoisotopic (exact) mass is 341 g/mol. The van der Waals surface area contributed by atoms with Crippen molar-refractivity contribution in [2.24, 2.45) is 0 Å². The van der Waals surface area contributed by atoms with Gasteiger partial charge < -0.3 is 14.6 Å². The summed E-state index contributed by atoms with van der Waals surface area (Å²) in [4.78, 5) is 17.0. The molecule has 2 N–H and O–H groups in total. The number of nitrogens with one attached hydrogen (secondary N) is 2. The third-order valence-corrected chi connectivity index (χ3v) is 4.69. The summed E-state index contributed by atoms with van der Waals surface area (Å²) in [6.45, 7) is 2.45. The Hall–Kier alpha value is -2.66. The molecule has 0 fully saturated rings. The molecule has 0 amide bonds. The lowest BCUT2D eigenvalue weighted by molar-refractivity contribution is -0.907. The van der Waals surface area contributed by atoms with Crippen molar-refractivity contribution < 1.29 is 18.8 Å². The molecule has 0 bridgehead atoms. The van der Waals surface area contributed by atoms with Gasteiger partial charge in [-0.05, 0) is 31.2 Å². The average Bonchev–Trinajstić information content (AvgIpc) is 3.04. The second-order valence-corrected chi connectivity index (χ2v) is 6.33. The molecule has 1 aromatic heterocycles. The molecule has 2 aromatic carbocycles. The van der Waals surface area contributed by atoms with Crippen LogP contribution in [0.15, 0.2) is 48.7 Å². The second kappa shape index (κ2) is 7.07. The molecule has 3 aromatic rings. The van der Waals surface area contributed by atoms with E-state index >= 15 is 0 Å². The van der Waals surface area contributed by atoms with Gasteiger partial charge in [-0.3, -0.25) is 4.79 Å². The molecule has 1 unspecified atom stereocenters. The van der Waals surface area contributed by atoms with Crippen LogP contribution >= 0.6 is 0 Å². The van der Waals surface area contributed by atoms with E-state index in [1.807, 2.05) is 44.3 Å². The van der Waals surface area contributed by atoms with Gasteiger partial charge >= 0.3 is 0 Å². The SMILES string of the molecule is COc1ccc(C[NH+](C)[C@H](C)C(=O)c2c[nH]c3ccccc23)cc1F. The number of ketones is 1. The molecule has 3 rings (SSSR count). The number of quaternary nitrogens is 1. The molecule has 0 spiro atoms. The number of Topliss-reactive ketones (excluding diaryl/α,β-unsaturated/α-hetero) is 1. The molecule has 0 aliphatic heterocycles. The number of carbonyl (C=O) groups excluding carboxylic acids is 1. The summed E-state index contributed by atoms with van der Waals surface area (Å²) in [5, 5.41) is 0.933. The predicted octanol–water partition coefficient (Wildman–Crippen LogP) is 2.60. The third-order valence-electron chi connectivity index (χ3n) is 4.69. The van der Waals surface area contributed by atoms with E-state index in [0.717, 1.165) is 21.4 Å². The topological polar surface area (TPSA) is 46.5 Å². The maximum atomic E-state index is 13.9. The van der Waals surface area contributed by atoms with Gasteiger partial charge in [-0.1, -0.05) is 18.2 Å². The van der Waals surface area contributed by atoms with Crippen molar-refractivity contribution in [1.82, 2.24) is 4.98 Å². The minimum atomic E-state index is -0.386. The van der Waals surface area contributed by atoms with Gasteiger partial charge in [-0.15, -0.1) is 0 Å². The Morgan fingerprint density at radius 1 is 1.28 bits per heavy atom. The minimum absolute atomic E-state index is 0.0731. The third kappa shape index (κ3) is 3.42. The number of methoxy groups -OCH3 is 1. The Balaban J connectivity index is 1.76. The summed E-state index contributed by atoms with van der Waals surface area (Å²) in [5.74, 6) is -0.0864. The zero-order valence-electron chi connectivity index (χ0n) is 14.6. The highest BCUT2D eigenvalue weighted by Gasteiger charge is 2.25. The minimum Gasteiger partial charge on any atom is -0.494 e. The van der Waals surface area contributed by atoms with Crippen LogP contribution in [-0.2, 0) is 6.54 Å². The molecular weight excluding hydrogens is 319 g/mol. The fourth-order valence-electron chi connectivity index (χ4n) is 3.03. The molecule has 0 saturated carbocycles. The van der Waals surface area contributed by atoms with E-state index in [9.17, 15) is 9.18 Å². The number of halogens is 1. The first-order valence-electron chi connectivity index (χ1n) is 8.26. The Morgan fingerprint density at radius 2 is 2.04 bits per heavy atom. The number of aromatic amines is 1. The van der Waals surface area contributed by atoms with Crippen molar-refractivity contribution >= 4 is 16.7 Å². The summed E-state index contributed by atoms with van der Waals surface area (Å²) >= 11 is 0. The summed E-state index contributed by atoms with van der Waals surface area (Å²) in [6.07, 6.45) is 1.77. The molecular formula is C20H22FN2O2+. The van der Waals surface area contributed by atoms with E-state index in [1.165, 1.54) is 13.2 Å². The Bertz CT molecular complexity index is 904. The molecule has 5 heteroatoms. The lowest BCUT2D eigenvalue weighted by Gasteiger charge is -2.20. The van der Waals surface area contributed by atoms with Gasteiger partial charge in [0.1, 0.15) is 12.6 Å². The molecule has 130 valence electrons. The molecule has 0 aliphatic rings. The first-order chi connectivity index (χ1) is 12.0. The van der Waals surface area contributed by atoms with Crippen molar-refractivity contribution in [3.8, 4) is 5.75 Å². The Kier molecular flexibility index (Phi) is 4.86. The standard InChI is InChI=1S/C20H21FN2O2/c1-13(20(24)16-11-22-18-7-5-4-6-15(16)18)23(2)12-14-8-9-19(25-3)17(21)10-14/h4-11,13,22H,12H2,1-3H3/p+1/t13-/m1/s1. The molecule has 0 radical (unpaired) electrons. The normalized spacial score (nSPS) is 13.6. The second-order valence-electron chi connectivity index (χ2n) is 6.33. The number of aromatic nitrogens is 1.